The quantitative estimate of drug-likeness (QED) is 0.576. The topological polar surface area (TPSA) is 65.7 Å². The minimum Gasteiger partial charge on any atom is -0.497 e. The highest BCUT2D eigenvalue weighted by Gasteiger charge is 2.06. The zero-order valence-corrected chi connectivity index (χ0v) is 8.43. The standard InChI is InChI=1S/C11H8O5/c1-14-8-2-3-9-7(4-8)5-10(15-6-12)11(13)16-9/h2-6H,1H3. The van der Waals surface area contributed by atoms with Crippen molar-refractivity contribution < 1.29 is 18.7 Å². The Labute approximate surface area is 90.2 Å². The first-order valence-corrected chi connectivity index (χ1v) is 4.47. The third-order valence-electron chi connectivity index (χ3n) is 2.08. The molecule has 0 spiro atoms. The fourth-order valence-corrected chi connectivity index (χ4v) is 1.34. The monoisotopic (exact) mass is 220 g/mol. The molecule has 1 heterocycles. The van der Waals surface area contributed by atoms with Crippen molar-refractivity contribution in [2.75, 3.05) is 7.11 Å². The van der Waals surface area contributed by atoms with Gasteiger partial charge < -0.3 is 13.9 Å². The molecule has 0 aliphatic carbocycles. The van der Waals surface area contributed by atoms with Crippen LogP contribution in [0.15, 0.2) is 33.5 Å². The van der Waals surface area contributed by atoms with E-state index in [0.29, 0.717) is 16.7 Å². The SMILES string of the molecule is COc1ccc2oc(=O)c(OC=O)cc2c1. The minimum absolute atomic E-state index is 0.143. The maximum absolute atomic E-state index is 11.3. The van der Waals surface area contributed by atoms with Gasteiger partial charge in [0.2, 0.25) is 5.75 Å². The highest BCUT2D eigenvalue weighted by molar-refractivity contribution is 5.79. The van der Waals surface area contributed by atoms with Gasteiger partial charge in [0.25, 0.3) is 6.47 Å². The van der Waals surface area contributed by atoms with Gasteiger partial charge in [0.05, 0.1) is 7.11 Å². The third-order valence-corrected chi connectivity index (χ3v) is 2.08. The fourth-order valence-electron chi connectivity index (χ4n) is 1.34. The maximum Gasteiger partial charge on any atom is 0.379 e. The zero-order chi connectivity index (χ0) is 11.5. The van der Waals surface area contributed by atoms with Crippen LogP contribution < -0.4 is 15.1 Å². The number of methoxy groups -OCH3 is 1. The molecule has 16 heavy (non-hydrogen) atoms. The molecule has 0 saturated carbocycles. The Hall–Kier alpha value is -2.30. The first kappa shape index (κ1) is 10.2. The molecule has 0 unspecified atom stereocenters. The van der Waals surface area contributed by atoms with E-state index in [1.807, 2.05) is 0 Å². The number of fused-ring (bicyclic) bond motifs is 1. The Kier molecular flexibility index (Phi) is 2.59. The molecule has 1 aromatic heterocycles. The van der Waals surface area contributed by atoms with Crippen LogP contribution in [0.5, 0.6) is 11.5 Å². The van der Waals surface area contributed by atoms with Gasteiger partial charge in [0.15, 0.2) is 0 Å². The van der Waals surface area contributed by atoms with Crippen LogP contribution in [0.4, 0.5) is 0 Å². The van der Waals surface area contributed by atoms with Crippen molar-refractivity contribution in [2.24, 2.45) is 0 Å². The smallest absolute Gasteiger partial charge is 0.379 e. The predicted octanol–water partition coefficient (Wildman–Crippen LogP) is 1.34. The largest absolute Gasteiger partial charge is 0.497 e. The molecular weight excluding hydrogens is 212 g/mol. The molecule has 1 aromatic carbocycles. The Balaban J connectivity index is 2.65. The van der Waals surface area contributed by atoms with E-state index in [2.05, 4.69) is 4.74 Å². The van der Waals surface area contributed by atoms with E-state index in [4.69, 9.17) is 9.15 Å². The maximum atomic E-state index is 11.3. The molecule has 0 atom stereocenters. The summed E-state index contributed by atoms with van der Waals surface area (Å²) in [5, 5.41) is 0.621. The third kappa shape index (κ3) is 1.75. The molecule has 0 amide bonds. The molecule has 0 aliphatic rings. The van der Waals surface area contributed by atoms with E-state index in [1.54, 1.807) is 18.2 Å². The number of carbonyl (C=O) groups is 1. The second kappa shape index (κ2) is 4.06. The van der Waals surface area contributed by atoms with Crippen molar-refractivity contribution in [1.82, 2.24) is 0 Å². The Morgan fingerprint density at radius 2 is 2.12 bits per heavy atom. The Morgan fingerprint density at radius 3 is 2.81 bits per heavy atom. The fraction of sp³-hybridized carbons (Fsp3) is 0.0909. The van der Waals surface area contributed by atoms with E-state index in [9.17, 15) is 9.59 Å². The first-order valence-electron chi connectivity index (χ1n) is 4.47. The van der Waals surface area contributed by atoms with Gasteiger partial charge in [-0.25, -0.2) is 4.79 Å². The number of ether oxygens (including phenoxy) is 2. The van der Waals surface area contributed by atoms with Crippen molar-refractivity contribution in [1.29, 1.82) is 0 Å². The molecular formula is C11H8O5. The molecule has 0 fully saturated rings. The van der Waals surface area contributed by atoms with E-state index in [-0.39, 0.29) is 12.2 Å². The molecule has 2 rings (SSSR count). The normalized spacial score (nSPS) is 10.1. The number of benzene rings is 1. The summed E-state index contributed by atoms with van der Waals surface area (Å²) >= 11 is 0. The lowest BCUT2D eigenvalue weighted by atomic mass is 10.2. The Bertz CT molecular complexity index is 584. The number of hydrogen-bond donors (Lipinski definition) is 0. The molecule has 5 nitrogen and oxygen atoms in total. The average molecular weight is 220 g/mol. The summed E-state index contributed by atoms with van der Waals surface area (Å²) in [5.74, 6) is 0.481. The lowest BCUT2D eigenvalue weighted by molar-refractivity contribution is -0.120. The summed E-state index contributed by atoms with van der Waals surface area (Å²) in [5.41, 5.74) is -0.284. The van der Waals surface area contributed by atoms with Gasteiger partial charge in [-0.2, -0.15) is 0 Å². The van der Waals surface area contributed by atoms with Crippen molar-refractivity contribution >= 4 is 17.4 Å². The summed E-state index contributed by atoms with van der Waals surface area (Å²) < 4.78 is 14.5. The second-order valence-electron chi connectivity index (χ2n) is 3.02. The van der Waals surface area contributed by atoms with Gasteiger partial charge in [-0.15, -0.1) is 0 Å². The van der Waals surface area contributed by atoms with E-state index >= 15 is 0 Å². The molecule has 2 aromatic rings. The number of rotatable bonds is 3. The van der Waals surface area contributed by atoms with Crippen LogP contribution in [-0.4, -0.2) is 13.6 Å². The first-order chi connectivity index (χ1) is 7.74. The molecule has 0 bridgehead atoms. The minimum atomic E-state index is -0.690. The van der Waals surface area contributed by atoms with Crippen LogP contribution in [-0.2, 0) is 4.79 Å². The van der Waals surface area contributed by atoms with Crippen LogP contribution in [0.25, 0.3) is 11.0 Å². The molecule has 0 N–H and O–H groups in total. The molecule has 82 valence electrons. The lowest BCUT2D eigenvalue weighted by Crippen LogP contribution is -2.04. The second-order valence-corrected chi connectivity index (χ2v) is 3.02. The van der Waals surface area contributed by atoms with Crippen LogP contribution in [0.2, 0.25) is 0 Å². The molecule has 0 saturated heterocycles. The van der Waals surface area contributed by atoms with E-state index < -0.39 is 5.63 Å². The van der Waals surface area contributed by atoms with Crippen LogP contribution in [0.3, 0.4) is 0 Å². The summed E-state index contributed by atoms with van der Waals surface area (Å²) in [6, 6.07) is 6.39. The van der Waals surface area contributed by atoms with E-state index in [0.717, 1.165) is 0 Å². The summed E-state index contributed by atoms with van der Waals surface area (Å²) in [6.45, 7) is 0.179. The van der Waals surface area contributed by atoms with Crippen LogP contribution in [0, 0.1) is 0 Å². The van der Waals surface area contributed by atoms with Gasteiger partial charge in [-0.1, -0.05) is 0 Å². The van der Waals surface area contributed by atoms with Crippen molar-refractivity contribution in [3.05, 3.63) is 34.7 Å². The van der Waals surface area contributed by atoms with Gasteiger partial charge in [0, 0.05) is 5.39 Å². The van der Waals surface area contributed by atoms with Crippen LogP contribution >= 0.6 is 0 Å². The van der Waals surface area contributed by atoms with Gasteiger partial charge in [-0.05, 0) is 24.3 Å². The zero-order valence-electron chi connectivity index (χ0n) is 8.43. The molecule has 5 heteroatoms. The summed E-state index contributed by atoms with van der Waals surface area (Å²) in [6.07, 6.45) is 0. The highest BCUT2D eigenvalue weighted by atomic mass is 16.5. The summed E-state index contributed by atoms with van der Waals surface area (Å²) in [7, 11) is 1.53. The van der Waals surface area contributed by atoms with Crippen molar-refractivity contribution in [2.45, 2.75) is 0 Å². The average Bonchev–Trinajstić information content (AvgIpc) is 2.30. The molecule has 0 aliphatic heterocycles. The van der Waals surface area contributed by atoms with Gasteiger partial charge >= 0.3 is 5.63 Å². The predicted molar refractivity (Wildman–Crippen MR) is 55.7 cm³/mol. The van der Waals surface area contributed by atoms with Gasteiger partial charge in [-0.3, -0.25) is 4.79 Å². The molecule has 0 radical (unpaired) electrons. The number of carbonyl (C=O) groups excluding carboxylic acids is 1. The highest BCUT2D eigenvalue weighted by Crippen LogP contribution is 2.22. The summed E-state index contributed by atoms with van der Waals surface area (Å²) in [4.78, 5) is 21.5. The van der Waals surface area contributed by atoms with Crippen LogP contribution in [0.1, 0.15) is 0 Å². The van der Waals surface area contributed by atoms with Crippen molar-refractivity contribution in [3.8, 4) is 11.5 Å². The lowest BCUT2D eigenvalue weighted by Gasteiger charge is -2.02. The number of hydrogen-bond acceptors (Lipinski definition) is 5. The van der Waals surface area contributed by atoms with E-state index in [1.165, 1.54) is 13.2 Å². The Morgan fingerprint density at radius 1 is 1.31 bits per heavy atom. The van der Waals surface area contributed by atoms with Crippen molar-refractivity contribution in [3.63, 3.8) is 0 Å². The van der Waals surface area contributed by atoms with Gasteiger partial charge in [0.1, 0.15) is 11.3 Å².